The lowest BCUT2D eigenvalue weighted by Crippen LogP contribution is -2.29. The van der Waals surface area contributed by atoms with Crippen molar-refractivity contribution in [2.24, 2.45) is 5.92 Å². The Hall–Kier alpha value is -1.06. The lowest BCUT2D eigenvalue weighted by Gasteiger charge is -2.26. The third-order valence-corrected chi connectivity index (χ3v) is 4.45. The van der Waals surface area contributed by atoms with Crippen LogP contribution in [0.2, 0.25) is 0 Å². The number of benzene rings is 1. The Morgan fingerprint density at radius 3 is 2.84 bits per heavy atom. The second-order valence-corrected chi connectivity index (χ2v) is 5.79. The first-order valence-corrected chi connectivity index (χ1v) is 7.27. The van der Waals surface area contributed by atoms with Crippen molar-refractivity contribution in [3.63, 3.8) is 0 Å². The fraction of sp³-hybridized carbons (Fsp3) is 0.625. The molecule has 0 amide bonds. The van der Waals surface area contributed by atoms with Crippen molar-refractivity contribution in [3.05, 3.63) is 29.3 Å². The van der Waals surface area contributed by atoms with Gasteiger partial charge in [0.05, 0.1) is 6.10 Å². The maximum atomic E-state index is 5.78. The molecular formula is C16H23NO2. The van der Waals surface area contributed by atoms with Crippen LogP contribution in [0.3, 0.4) is 0 Å². The minimum atomic E-state index is 0.312. The Labute approximate surface area is 115 Å². The molecule has 1 aromatic carbocycles. The lowest BCUT2D eigenvalue weighted by molar-refractivity contribution is 0.0963. The molecule has 1 fully saturated rings. The van der Waals surface area contributed by atoms with Gasteiger partial charge in [0.2, 0.25) is 0 Å². The van der Waals surface area contributed by atoms with Crippen LogP contribution in [0, 0.1) is 5.92 Å². The van der Waals surface area contributed by atoms with Gasteiger partial charge in [-0.2, -0.15) is 0 Å². The second kappa shape index (κ2) is 5.14. The summed E-state index contributed by atoms with van der Waals surface area (Å²) >= 11 is 0. The number of hydrogen-bond donors (Lipinski definition) is 1. The number of ether oxygens (including phenoxy) is 2. The highest BCUT2D eigenvalue weighted by molar-refractivity contribution is 5.41. The molecule has 4 unspecified atom stereocenters. The smallest absolute Gasteiger partial charge is 0.123 e. The van der Waals surface area contributed by atoms with E-state index in [1.807, 2.05) is 7.05 Å². The molecule has 3 heteroatoms. The van der Waals surface area contributed by atoms with E-state index in [1.54, 1.807) is 0 Å². The molecule has 3 nitrogen and oxygen atoms in total. The van der Waals surface area contributed by atoms with Gasteiger partial charge in [-0.25, -0.2) is 0 Å². The second-order valence-electron chi connectivity index (χ2n) is 5.79. The summed E-state index contributed by atoms with van der Waals surface area (Å²) in [4.78, 5) is 0. The summed E-state index contributed by atoms with van der Waals surface area (Å²) < 4.78 is 11.5. The van der Waals surface area contributed by atoms with Gasteiger partial charge in [-0.15, -0.1) is 0 Å². The van der Waals surface area contributed by atoms with Crippen LogP contribution in [0.1, 0.15) is 37.4 Å². The third kappa shape index (κ3) is 2.37. The Kier molecular flexibility index (Phi) is 3.50. The van der Waals surface area contributed by atoms with E-state index in [2.05, 4.69) is 37.4 Å². The first-order chi connectivity index (χ1) is 9.19. The molecule has 0 spiro atoms. The number of rotatable bonds is 3. The van der Waals surface area contributed by atoms with E-state index in [1.165, 1.54) is 11.1 Å². The first-order valence-electron chi connectivity index (χ1n) is 7.27. The highest BCUT2D eigenvalue weighted by atomic mass is 16.5. The van der Waals surface area contributed by atoms with Gasteiger partial charge in [-0.3, -0.25) is 0 Å². The predicted molar refractivity (Wildman–Crippen MR) is 75.6 cm³/mol. The molecule has 4 atom stereocenters. The highest BCUT2D eigenvalue weighted by Crippen LogP contribution is 2.36. The van der Waals surface area contributed by atoms with Gasteiger partial charge < -0.3 is 14.8 Å². The lowest BCUT2D eigenvalue weighted by atomic mass is 9.87. The fourth-order valence-electron chi connectivity index (χ4n) is 3.45. The zero-order chi connectivity index (χ0) is 13.4. The highest BCUT2D eigenvalue weighted by Gasteiger charge is 2.32. The van der Waals surface area contributed by atoms with Crippen LogP contribution in [0.15, 0.2) is 18.2 Å². The topological polar surface area (TPSA) is 30.5 Å². The molecule has 1 N–H and O–H groups in total. The van der Waals surface area contributed by atoms with E-state index in [4.69, 9.17) is 9.47 Å². The van der Waals surface area contributed by atoms with E-state index in [0.717, 1.165) is 25.2 Å². The van der Waals surface area contributed by atoms with E-state index in [-0.39, 0.29) is 0 Å². The van der Waals surface area contributed by atoms with Crippen molar-refractivity contribution >= 4 is 0 Å². The summed E-state index contributed by atoms with van der Waals surface area (Å²) in [5.41, 5.74) is 2.71. The van der Waals surface area contributed by atoms with Gasteiger partial charge >= 0.3 is 0 Å². The molecule has 0 saturated carbocycles. The van der Waals surface area contributed by atoms with Crippen LogP contribution in [-0.2, 0) is 11.2 Å². The van der Waals surface area contributed by atoms with Crippen LogP contribution < -0.4 is 10.1 Å². The maximum Gasteiger partial charge on any atom is 0.123 e. The molecule has 3 rings (SSSR count). The Morgan fingerprint density at radius 1 is 1.32 bits per heavy atom. The standard InChI is InChI=1S/C16H23NO2/c1-10-8-13-9-12(4-5-15(13)19-10)16(17-3)14-6-7-18-11(14)2/h4-5,9-11,14,16-17H,6-8H2,1-3H3. The third-order valence-electron chi connectivity index (χ3n) is 4.45. The largest absolute Gasteiger partial charge is 0.490 e. The zero-order valence-electron chi connectivity index (χ0n) is 12.0. The van der Waals surface area contributed by atoms with E-state index in [9.17, 15) is 0 Å². The molecule has 0 aliphatic carbocycles. The van der Waals surface area contributed by atoms with Gasteiger partial charge in [-0.1, -0.05) is 12.1 Å². The SMILES string of the molecule is CNC(c1ccc2c(c1)CC(C)O2)C1CCOC1C. The van der Waals surface area contributed by atoms with Crippen LogP contribution >= 0.6 is 0 Å². The van der Waals surface area contributed by atoms with Crippen molar-refractivity contribution < 1.29 is 9.47 Å². The van der Waals surface area contributed by atoms with Crippen molar-refractivity contribution in [3.8, 4) is 5.75 Å². The van der Waals surface area contributed by atoms with E-state index < -0.39 is 0 Å². The van der Waals surface area contributed by atoms with E-state index in [0.29, 0.717) is 24.2 Å². The van der Waals surface area contributed by atoms with Crippen LogP contribution in [0.5, 0.6) is 5.75 Å². The molecule has 2 aliphatic rings. The summed E-state index contributed by atoms with van der Waals surface area (Å²) in [7, 11) is 2.04. The summed E-state index contributed by atoms with van der Waals surface area (Å²) in [6, 6.07) is 7.01. The van der Waals surface area contributed by atoms with Crippen LogP contribution in [-0.4, -0.2) is 25.9 Å². The molecule has 19 heavy (non-hydrogen) atoms. The number of nitrogens with one attached hydrogen (secondary N) is 1. The molecule has 1 aromatic rings. The Bertz CT molecular complexity index is 460. The average molecular weight is 261 g/mol. The van der Waals surface area contributed by atoms with Crippen LogP contribution in [0.25, 0.3) is 0 Å². The molecule has 1 saturated heterocycles. The molecular weight excluding hydrogens is 238 g/mol. The van der Waals surface area contributed by atoms with Crippen molar-refractivity contribution in [2.75, 3.05) is 13.7 Å². The van der Waals surface area contributed by atoms with Gasteiger partial charge in [0.15, 0.2) is 0 Å². The molecule has 2 aliphatic heterocycles. The summed E-state index contributed by atoms with van der Waals surface area (Å²) in [5, 5.41) is 3.47. The molecule has 104 valence electrons. The number of fused-ring (bicyclic) bond motifs is 1. The monoisotopic (exact) mass is 261 g/mol. The van der Waals surface area contributed by atoms with Gasteiger partial charge in [-0.05, 0) is 44.5 Å². The molecule has 0 radical (unpaired) electrons. The minimum Gasteiger partial charge on any atom is -0.490 e. The normalized spacial score (nSPS) is 31.0. The number of hydrogen-bond acceptors (Lipinski definition) is 3. The summed E-state index contributed by atoms with van der Waals surface area (Å²) in [6.07, 6.45) is 2.81. The molecule has 2 heterocycles. The Morgan fingerprint density at radius 2 is 2.16 bits per heavy atom. The average Bonchev–Trinajstić information content (AvgIpc) is 2.95. The zero-order valence-corrected chi connectivity index (χ0v) is 12.0. The van der Waals surface area contributed by atoms with E-state index >= 15 is 0 Å². The van der Waals surface area contributed by atoms with Crippen LogP contribution in [0.4, 0.5) is 0 Å². The summed E-state index contributed by atoms with van der Waals surface area (Å²) in [5.74, 6) is 1.62. The fourth-order valence-corrected chi connectivity index (χ4v) is 3.45. The van der Waals surface area contributed by atoms with Gasteiger partial charge in [0, 0.05) is 25.0 Å². The van der Waals surface area contributed by atoms with Crippen molar-refractivity contribution in [1.82, 2.24) is 5.32 Å². The predicted octanol–water partition coefficient (Wildman–Crippen LogP) is 2.70. The first kappa shape index (κ1) is 12.9. The molecule has 0 bridgehead atoms. The van der Waals surface area contributed by atoms with Gasteiger partial charge in [0.1, 0.15) is 11.9 Å². The summed E-state index contributed by atoms with van der Waals surface area (Å²) in [6.45, 7) is 5.19. The van der Waals surface area contributed by atoms with Crippen molar-refractivity contribution in [2.45, 2.75) is 44.9 Å². The maximum absolute atomic E-state index is 5.78. The Balaban J connectivity index is 1.86. The van der Waals surface area contributed by atoms with Gasteiger partial charge in [0.25, 0.3) is 0 Å². The quantitative estimate of drug-likeness (QED) is 0.907. The minimum absolute atomic E-state index is 0.312. The van der Waals surface area contributed by atoms with Crippen molar-refractivity contribution in [1.29, 1.82) is 0 Å². The molecule has 0 aromatic heterocycles.